The lowest BCUT2D eigenvalue weighted by Crippen LogP contribution is -2.35. The van der Waals surface area contributed by atoms with Crippen LogP contribution in [0.15, 0.2) is 9.05 Å². The summed E-state index contributed by atoms with van der Waals surface area (Å²) < 4.78 is 10.7. The minimum absolute atomic E-state index is 0.121. The van der Waals surface area contributed by atoms with Gasteiger partial charge in [0, 0.05) is 19.0 Å². The number of carbonyl (C=O) groups is 1. The standard InChI is InChI=1S/C16H19N5O3/c1-9-12(20-24-19-9)14(22)21-7-11-3-2-6-16(11,8-21)15-18-17-13(23-15)10-4-5-10/h10-11H,2-8H2,1H3/t11-,16-/m0/s1. The summed E-state index contributed by atoms with van der Waals surface area (Å²) in [4.78, 5) is 14.6. The van der Waals surface area contributed by atoms with E-state index in [1.807, 2.05) is 4.90 Å². The van der Waals surface area contributed by atoms with Crippen molar-refractivity contribution in [2.24, 2.45) is 5.92 Å². The maximum atomic E-state index is 12.8. The van der Waals surface area contributed by atoms with Crippen molar-refractivity contribution >= 4 is 5.91 Å². The second-order valence-corrected chi connectivity index (χ2v) is 7.35. The van der Waals surface area contributed by atoms with Crippen molar-refractivity contribution in [1.29, 1.82) is 0 Å². The number of carbonyl (C=O) groups excluding carboxylic acids is 1. The molecule has 3 heterocycles. The Morgan fingerprint density at radius 2 is 2.12 bits per heavy atom. The molecule has 3 aliphatic rings. The van der Waals surface area contributed by atoms with Gasteiger partial charge in [0.25, 0.3) is 5.91 Å². The van der Waals surface area contributed by atoms with Crippen molar-refractivity contribution in [3.63, 3.8) is 0 Å². The molecule has 24 heavy (non-hydrogen) atoms. The molecule has 1 saturated heterocycles. The molecule has 126 valence electrons. The van der Waals surface area contributed by atoms with E-state index >= 15 is 0 Å². The fourth-order valence-electron chi connectivity index (χ4n) is 4.30. The number of rotatable bonds is 3. The topological polar surface area (TPSA) is 98.2 Å². The molecule has 0 aromatic carbocycles. The highest BCUT2D eigenvalue weighted by atomic mass is 16.6. The van der Waals surface area contributed by atoms with Gasteiger partial charge in [-0.15, -0.1) is 10.2 Å². The van der Waals surface area contributed by atoms with E-state index < -0.39 is 0 Å². The van der Waals surface area contributed by atoms with Gasteiger partial charge in [0.05, 0.1) is 5.41 Å². The smallest absolute Gasteiger partial charge is 0.278 e. The molecular formula is C16H19N5O3. The molecule has 8 heteroatoms. The lowest BCUT2D eigenvalue weighted by Gasteiger charge is -2.24. The third-order valence-electron chi connectivity index (χ3n) is 5.81. The van der Waals surface area contributed by atoms with E-state index in [9.17, 15) is 4.79 Å². The molecule has 1 aliphatic heterocycles. The Morgan fingerprint density at radius 3 is 2.88 bits per heavy atom. The summed E-state index contributed by atoms with van der Waals surface area (Å²) >= 11 is 0. The number of hydrogen-bond donors (Lipinski definition) is 0. The number of amides is 1. The van der Waals surface area contributed by atoms with Crippen LogP contribution in [-0.4, -0.2) is 44.4 Å². The molecule has 3 fully saturated rings. The van der Waals surface area contributed by atoms with Crippen LogP contribution in [0.3, 0.4) is 0 Å². The van der Waals surface area contributed by atoms with Crippen LogP contribution in [0, 0.1) is 12.8 Å². The van der Waals surface area contributed by atoms with Gasteiger partial charge >= 0.3 is 0 Å². The van der Waals surface area contributed by atoms with Crippen LogP contribution >= 0.6 is 0 Å². The maximum absolute atomic E-state index is 12.8. The summed E-state index contributed by atoms with van der Waals surface area (Å²) in [6.07, 6.45) is 5.49. The fourth-order valence-corrected chi connectivity index (χ4v) is 4.30. The van der Waals surface area contributed by atoms with E-state index in [0.717, 1.165) is 43.9 Å². The highest BCUT2D eigenvalue weighted by Crippen LogP contribution is 2.51. The van der Waals surface area contributed by atoms with E-state index in [-0.39, 0.29) is 11.3 Å². The minimum Gasteiger partial charge on any atom is -0.424 e. The molecule has 0 bridgehead atoms. The SMILES string of the molecule is Cc1nonc1C(=O)N1C[C@@H]2CCC[C@]2(c2nnc(C3CC3)o2)C1. The highest BCUT2D eigenvalue weighted by molar-refractivity contribution is 5.93. The number of aromatic nitrogens is 4. The van der Waals surface area contributed by atoms with Crippen molar-refractivity contribution in [3.8, 4) is 0 Å². The van der Waals surface area contributed by atoms with Gasteiger partial charge in [-0.25, -0.2) is 4.63 Å². The summed E-state index contributed by atoms with van der Waals surface area (Å²) in [5.74, 6) is 2.19. The van der Waals surface area contributed by atoms with E-state index in [2.05, 4.69) is 25.1 Å². The summed E-state index contributed by atoms with van der Waals surface area (Å²) in [5, 5.41) is 16.1. The largest absolute Gasteiger partial charge is 0.424 e. The zero-order chi connectivity index (χ0) is 16.3. The van der Waals surface area contributed by atoms with Gasteiger partial charge in [0.15, 0.2) is 5.69 Å². The Balaban J connectivity index is 1.45. The highest BCUT2D eigenvalue weighted by Gasteiger charge is 2.55. The Bertz CT molecular complexity index is 795. The van der Waals surface area contributed by atoms with E-state index in [0.29, 0.717) is 36.3 Å². The molecule has 2 aromatic heterocycles. The number of nitrogens with zero attached hydrogens (tertiary/aromatic N) is 5. The van der Waals surface area contributed by atoms with Gasteiger partial charge in [-0.3, -0.25) is 4.79 Å². The van der Waals surface area contributed by atoms with Gasteiger partial charge in [-0.2, -0.15) is 0 Å². The Morgan fingerprint density at radius 1 is 1.25 bits per heavy atom. The number of hydrogen-bond acceptors (Lipinski definition) is 7. The average molecular weight is 329 g/mol. The van der Waals surface area contributed by atoms with Crippen LogP contribution < -0.4 is 0 Å². The van der Waals surface area contributed by atoms with Crippen molar-refractivity contribution in [1.82, 2.24) is 25.4 Å². The number of aryl methyl sites for hydroxylation is 1. The van der Waals surface area contributed by atoms with Crippen LogP contribution in [0.2, 0.25) is 0 Å². The molecule has 5 rings (SSSR count). The van der Waals surface area contributed by atoms with Crippen LogP contribution in [0.5, 0.6) is 0 Å². The molecular weight excluding hydrogens is 310 g/mol. The summed E-state index contributed by atoms with van der Waals surface area (Å²) in [5.41, 5.74) is 0.634. The minimum atomic E-state index is -0.194. The van der Waals surface area contributed by atoms with Gasteiger partial charge in [-0.05, 0) is 43.7 Å². The molecule has 2 aliphatic carbocycles. The van der Waals surface area contributed by atoms with Crippen molar-refractivity contribution in [3.05, 3.63) is 23.2 Å². The van der Waals surface area contributed by atoms with Crippen molar-refractivity contribution in [2.45, 2.75) is 50.4 Å². The monoisotopic (exact) mass is 329 g/mol. The van der Waals surface area contributed by atoms with Gasteiger partial charge in [0.2, 0.25) is 11.8 Å². The molecule has 1 amide bonds. The summed E-state index contributed by atoms with van der Waals surface area (Å²) in [7, 11) is 0. The first kappa shape index (κ1) is 14.1. The predicted octanol–water partition coefficient (Wildman–Crippen LogP) is 1.83. The third-order valence-corrected chi connectivity index (χ3v) is 5.81. The first-order valence-corrected chi connectivity index (χ1v) is 8.60. The maximum Gasteiger partial charge on any atom is 0.278 e. The molecule has 0 radical (unpaired) electrons. The normalized spacial score (nSPS) is 29.2. The molecule has 0 N–H and O–H groups in total. The van der Waals surface area contributed by atoms with Crippen LogP contribution in [-0.2, 0) is 5.41 Å². The molecule has 0 unspecified atom stereocenters. The van der Waals surface area contributed by atoms with Crippen molar-refractivity contribution < 1.29 is 13.8 Å². The quantitative estimate of drug-likeness (QED) is 0.847. The van der Waals surface area contributed by atoms with Crippen LogP contribution in [0.25, 0.3) is 0 Å². The van der Waals surface area contributed by atoms with Crippen molar-refractivity contribution in [2.75, 3.05) is 13.1 Å². The van der Waals surface area contributed by atoms with E-state index in [1.54, 1.807) is 6.92 Å². The molecule has 2 saturated carbocycles. The Labute approximate surface area is 138 Å². The lowest BCUT2D eigenvalue weighted by molar-refractivity contribution is 0.0764. The molecule has 8 nitrogen and oxygen atoms in total. The van der Waals surface area contributed by atoms with Gasteiger partial charge in [0.1, 0.15) is 5.69 Å². The zero-order valence-corrected chi connectivity index (χ0v) is 13.6. The Hall–Kier alpha value is -2.25. The van der Waals surface area contributed by atoms with Crippen LogP contribution in [0.1, 0.15) is 66.0 Å². The first-order valence-electron chi connectivity index (χ1n) is 8.60. The predicted molar refractivity (Wildman–Crippen MR) is 80.2 cm³/mol. The molecule has 0 spiro atoms. The number of likely N-dealkylation sites (tertiary alicyclic amines) is 1. The number of fused-ring (bicyclic) bond motifs is 1. The summed E-state index contributed by atoms with van der Waals surface area (Å²) in [6.45, 7) is 3.04. The van der Waals surface area contributed by atoms with Gasteiger partial charge < -0.3 is 9.32 Å². The van der Waals surface area contributed by atoms with Gasteiger partial charge in [-0.1, -0.05) is 11.6 Å². The first-order chi connectivity index (χ1) is 11.7. The van der Waals surface area contributed by atoms with E-state index in [1.165, 1.54) is 0 Å². The van der Waals surface area contributed by atoms with E-state index in [4.69, 9.17) is 4.42 Å². The second kappa shape index (κ2) is 4.87. The molecule has 2 atom stereocenters. The third kappa shape index (κ3) is 1.94. The van der Waals surface area contributed by atoms with Crippen LogP contribution in [0.4, 0.5) is 0 Å². The average Bonchev–Trinajstić information content (AvgIpc) is 2.97. The summed E-state index contributed by atoms with van der Waals surface area (Å²) in [6, 6.07) is 0. The lowest BCUT2D eigenvalue weighted by atomic mass is 9.80. The zero-order valence-electron chi connectivity index (χ0n) is 13.6. The Kier molecular flexibility index (Phi) is 2.87. The molecule has 2 aromatic rings. The fraction of sp³-hybridized carbons (Fsp3) is 0.688. The second-order valence-electron chi connectivity index (χ2n) is 7.35.